The van der Waals surface area contributed by atoms with Crippen molar-refractivity contribution in [3.63, 3.8) is 0 Å². The van der Waals surface area contributed by atoms with Gasteiger partial charge in [0.1, 0.15) is 0 Å². The fourth-order valence-corrected chi connectivity index (χ4v) is 4.04. The first-order valence-electron chi connectivity index (χ1n) is 10.8. The average molecular weight is 438 g/mol. The maximum absolute atomic E-state index is 15.0. The van der Waals surface area contributed by atoms with E-state index >= 15 is 8.78 Å². The van der Waals surface area contributed by atoms with Crippen LogP contribution in [0.3, 0.4) is 0 Å². The highest BCUT2D eigenvalue weighted by Gasteiger charge is 2.30. The Morgan fingerprint density at radius 2 is 1.34 bits per heavy atom. The minimum absolute atomic E-state index is 0.145. The fraction of sp³-hybridized carbons (Fsp3) is 0.308. The van der Waals surface area contributed by atoms with Crippen molar-refractivity contribution in [1.29, 1.82) is 0 Å². The first kappa shape index (κ1) is 21.9. The van der Waals surface area contributed by atoms with Crippen LogP contribution in [0.4, 0.5) is 8.78 Å². The number of rotatable bonds is 4. The fourth-order valence-electron chi connectivity index (χ4n) is 4.04. The van der Waals surface area contributed by atoms with Crippen molar-refractivity contribution in [2.75, 3.05) is 0 Å². The topological polar surface area (TPSA) is 52.6 Å². The molecule has 0 bridgehead atoms. The third kappa shape index (κ3) is 4.35. The zero-order chi connectivity index (χ0) is 22.8. The Bertz CT molecular complexity index is 1160. The summed E-state index contributed by atoms with van der Waals surface area (Å²) in [6, 6.07) is 12.8. The predicted molar refractivity (Wildman–Crippen MR) is 117 cm³/mol. The van der Waals surface area contributed by atoms with Crippen LogP contribution in [0.5, 0.6) is 11.5 Å². The van der Waals surface area contributed by atoms with Crippen LogP contribution in [0.2, 0.25) is 0 Å². The number of hydrogen-bond donors (Lipinski definition) is 0. The van der Waals surface area contributed by atoms with Crippen LogP contribution in [-0.2, 0) is 4.79 Å². The molecule has 0 atom stereocenters. The van der Waals surface area contributed by atoms with E-state index < -0.39 is 35.1 Å². The van der Waals surface area contributed by atoms with Gasteiger partial charge < -0.3 is 9.47 Å². The number of esters is 2. The number of halogens is 2. The minimum Gasteiger partial charge on any atom is -0.422 e. The largest absolute Gasteiger partial charge is 0.422 e. The van der Waals surface area contributed by atoms with Gasteiger partial charge in [-0.2, -0.15) is 8.78 Å². The molecule has 0 N–H and O–H groups in total. The molecule has 0 aliphatic heterocycles. The number of hydrogen-bond acceptors (Lipinski definition) is 4. The van der Waals surface area contributed by atoms with Gasteiger partial charge in [-0.1, -0.05) is 48.9 Å². The predicted octanol–water partition coefficient (Wildman–Crippen LogP) is 6.38. The molecule has 3 aromatic rings. The molecule has 32 heavy (non-hydrogen) atoms. The second-order valence-corrected chi connectivity index (χ2v) is 8.47. The van der Waals surface area contributed by atoms with Gasteiger partial charge in [0.2, 0.25) is 11.6 Å². The number of carbonyl (C=O) groups excluding carboxylic acids is 2. The smallest absolute Gasteiger partial charge is 0.343 e. The average Bonchev–Trinajstić information content (AvgIpc) is 2.80. The van der Waals surface area contributed by atoms with Gasteiger partial charge in [-0.05, 0) is 50.7 Å². The molecule has 1 saturated carbocycles. The molecule has 1 fully saturated rings. The summed E-state index contributed by atoms with van der Waals surface area (Å²) in [6.45, 7) is 3.99. The van der Waals surface area contributed by atoms with Crippen LogP contribution in [0.25, 0.3) is 10.8 Å². The highest BCUT2D eigenvalue weighted by atomic mass is 19.2. The summed E-state index contributed by atoms with van der Waals surface area (Å²) in [4.78, 5) is 25.2. The summed E-state index contributed by atoms with van der Waals surface area (Å²) in [5, 5.41) is 0.308. The van der Waals surface area contributed by atoms with Crippen molar-refractivity contribution in [3.05, 3.63) is 71.3 Å². The quantitative estimate of drug-likeness (QED) is 0.350. The molecule has 6 heteroatoms. The third-order valence-corrected chi connectivity index (χ3v) is 6.04. The maximum Gasteiger partial charge on any atom is 0.343 e. The summed E-state index contributed by atoms with van der Waals surface area (Å²) in [6.07, 6.45) is 3.11. The molecule has 0 unspecified atom stereocenters. The van der Waals surface area contributed by atoms with Crippen LogP contribution in [-0.4, -0.2) is 11.9 Å². The van der Waals surface area contributed by atoms with Gasteiger partial charge in [-0.25, -0.2) is 4.79 Å². The number of carbonyl (C=O) groups is 2. The van der Waals surface area contributed by atoms with E-state index in [1.54, 1.807) is 36.4 Å². The highest BCUT2D eigenvalue weighted by molar-refractivity contribution is 5.99. The van der Waals surface area contributed by atoms with Gasteiger partial charge in [0.05, 0.1) is 11.5 Å². The van der Waals surface area contributed by atoms with E-state index in [4.69, 9.17) is 9.47 Å². The SMILES string of the molecule is Cc1ccc(C(=O)Oc2c(F)c(F)c(OC(=O)C3CCC(C)CC3)c3ccccc23)cc1. The zero-order valence-corrected chi connectivity index (χ0v) is 18.0. The molecule has 4 rings (SSSR count). The molecule has 1 aliphatic rings. The molecule has 3 aromatic carbocycles. The van der Waals surface area contributed by atoms with Crippen molar-refractivity contribution in [2.24, 2.45) is 11.8 Å². The van der Waals surface area contributed by atoms with E-state index in [0.29, 0.717) is 18.8 Å². The third-order valence-electron chi connectivity index (χ3n) is 6.04. The van der Waals surface area contributed by atoms with Crippen LogP contribution >= 0.6 is 0 Å². The normalized spacial score (nSPS) is 18.4. The van der Waals surface area contributed by atoms with Gasteiger partial charge in [0, 0.05) is 10.8 Å². The van der Waals surface area contributed by atoms with E-state index in [-0.39, 0.29) is 22.3 Å². The molecule has 1 aliphatic carbocycles. The Kier molecular flexibility index (Phi) is 6.21. The van der Waals surface area contributed by atoms with Gasteiger partial charge in [0.25, 0.3) is 0 Å². The molecule has 0 radical (unpaired) electrons. The summed E-state index contributed by atoms with van der Waals surface area (Å²) in [7, 11) is 0. The van der Waals surface area contributed by atoms with Crippen LogP contribution < -0.4 is 9.47 Å². The number of aryl methyl sites for hydroxylation is 1. The van der Waals surface area contributed by atoms with Crippen LogP contribution in [0.1, 0.15) is 48.5 Å². The molecule has 166 valence electrons. The lowest BCUT2D eigenvalue weighted by Gasteiger charge is -2.24. The molecule has 0 aromatic heterocycles. The second-order valence-electron chi connectivity index (χ2n) is 8.47. The van der Waals surface area contributed by atoms with E-state index in [9.17, 15) is 9.59 Å². The number of fused-ring (bicyclic) bond motifs is 1. The first-order chi connectivity index (χ1) is 15.3. The monoisotopic (exact) mass is 438 g/mol. The standard InChI is InChI=1S/C26H24F2O4/c1-15-7-11-17(12-8-15)25(29)31-23-19-5-3-4-6-20(19)24(22(28)21(23)27)32-26(30)18-13-9-16(2)10-14-18/h3-8,11-12,16,18H,9-10,13-14H2,1-2H3. The van der Waals surface area contributed by atoms with Gasteiger partial charge in [-0.15, -0.1) is 0 Å². The number of ether oxygens (including phenoxy) is 2. The molecule has 0 spiro atoms. The lowest BCUT2D eigenvalue weighted by molar-refractivity contribution is -0.140. The van der Waals surface area contributed by atoms with Crippen LogP contribution in [0, 0.1) is 30.4 Å². The summed E-state index contributed by atoms with van der Waals surface area (Å²) in [5.41, 5.74) is 1.16. The van der Waals surface area contributed by atoms with E-state index in [1.165, 1.54) is 12.1 Å². The molecule has 0 heterocycles. The second kappa shape index (κ2) is 9.07. The van der Waals surface area contributed by atoms with Gasteiger partial charge >= 0.3 is 11.9 Å². The van der Waals surface area contributed by atoms with E-state index in [2.05, 4.69) is 6.92 Å². The zero-order valence-electron chi connectivity index (χ0n) is 18.0. The molecular formula is C26H24F2O4. The minimum atomic E-state index is -1.37. The molecule has 0 amide bonds. The maximum atomic E-state index is 15.0. The van der Waals surface area contributed by atoms with Crippen molar-refractivity contribution in [1.82, 2.24) is 0 Å². The Balaban J connectivity index is 1.68. The summed E-state index contributed by atoms with van der Waals surface area (Å²) >= 11 is 0. The molecule has 4 nitrogen and oxygen atoms in total. The molecular weight excluding hydrogens is 414 g/mol. The summed E-state index contributed by atoms with van der Waals surface area (Å²) in [5.74, 6) is -4.91. The number of benzene rings is 3. The van der Waals surface area contributed by atoms with Gasteiger partial charge in [0.15, 0.2) is 11.5 Å². The Labute approximate surface area is 185 Å². The van der Waals surface area contributed by atoms with E-state index in [1.807, 2.05) is 6.92 Å². The van der Waals surface area contributed by atoms with Gasteiger partial charge in [-0.3, -0.25) is 4.79 Å². The van der Waals surface area contributed by atoms with E-state index in [0.717, 1.165) is 18.4 Å². The Morgan fingerprint density at radius 3 is 1.91 bits per heavy atom. The Hall–Kier alpha value is -3.28. The van der Waals surface area contributed by atoms with Crippen molar-refractivity contribution < 1.29 is 27.8 Å². The van der Waals surface area contributed by atoms with Crippen LogP contribution in [0.15, 0.2) is 48.5 Å². The van der Waals surface area contributed by atoms with Crippen molar-refractivity contribution >= 4 is 22.7 Å². The Morgan fingerprint density at radius 1 is 0.812 bits per heavy atom. The summed E-state index contributed by atoms with van der Waals surface area (Å²) < 4.78 is 40.7. The lowest BCUT2D eigenvalue weighted by Crippen LogP contribution is -2.25. The lowest BCUT2D eigenvalue weighted by atomic mass is 9.83. The van der Waals surface area contributed by atoms with Crippen molar-refractivity contribution in [3.8, 4) is 11.5 Å². The molecule has 0 saturated heterocycles. The first-order valence-corrected chi connectivity index (χ1v) is 10.8. The van der Waals surface area contributed by atoms with Crippen molar-refractivity contribution in [2.45, 2.75) is 39.5 Å². The highest BCUT2D eigenvalue weighted by Crippen LogP contribution is 2.40.